The number of ether oxygens (including phenoxy) is 1. The summed E-state index contributed by atoms with van der Waals surface area (Å²) in [7, 11) is 0. The van der Waals surface area contributed by atoms with Crippen LogP contribution in [0.25, 0.3) is 5.69 Å². The lowest BCUT2D eigenvalue weighted by molar-refractivity contribution is 0.0350. The highest BCUT2D eigenvalue weighted by Gasteiger charge is 2.41. The van der Waals surface area contributed by atoms with Gasteiger partial charge >= 0.3 is 0 Å². The second-order valence-electron chi connectivity index (χ2n) is 9.87. The van der Waals surface area contributed by atoms with Crippen molar-refractivity contribution in [1.29, 1.82) is 0 Å². The van der Waals surface area contributed by atoms with Crippen LogP contribution >= 0.6 is 12.2 Å². The largest absolute Gasteiger partial charge is 0.379 e. The molecule has 190 valence electrons. The normalized spacial score (nSPS) is 20.7. The van der Waals surface area contributed by atoms with Crippen molar-refractivity contribution >= 4 is 17.3 Å². The molecule has 1 aromatic carbocycles. The molecule has 2 aromatic heterocycles. The van der Waals surface area contributed by atoms with E-state index in [2.05, 4.69) is 83.8 Å². The predicted molar refractivity (Wildman–Crippen MR) is 149 cm³/mol. The minimum atomic E-state index is -0.000134. The third kappa shape index (κ3) is 4.67. The first-order chi connectivity index (χ1) is 17.5. The number of nitrogens with zero attached hydrogens (tertiary/aromatic N) is 4. The molecule has 0 amide bonds. The fourth-order valence-electron chi connectivity index (χ4n) is 5.81. The molecular formula is C29H37N5OS. The summed E-state index contributed by atoms with van der Waals surface area (Å²) in [5, 5.41) is 4.43. The molecule has 6 nitrogen and oxygen atoms in total. The second kappa shape index (κ2) is 10.7. The third-order valence-corrected chi connectivity index (χ3v) is 8.03. The van der Waals surface area contributed by atoms with Crippen molar-refractivity contribution in [1.82, 2.24) is 24.7 Å². The lowest BCUT2D eigenvalue weighted by Gasteiger charge is -2.32. The Hall–Kier alpha value is -2.74. The molecule has 1 N–H and O–H groups in total. The zero-order valence-electron chi connectivity index (χ0n) is 21.8. The van der Waals surface area contributed by atoms with E-state index in [1.54, 1.807) is 0 Å². The van der Waals surface area contributed by atoms with Crippen molar-refractivity contribution in [3.63, 3.8) is 0 Å². The minimum absolute atomic E-state index is 0.000134. The highest BCUT2D eigenvalue weighted by molar-refractivity contribution is 7.80. The van der Waals surface area contributed by atoms with Gasteiger partial charge in [-0.1, -0.05) is 31.2 Å². The van der Waals surface area contributed by atoms with Crippen molar-refractivity contribution in [2.45, 2.75) is 46.2 Å². The molecule has 2 aliphatic heterocycles. The number of thiocarbonyl (C=S) groups is 1. The van der Waals surface area contributed by atoms with E-state index < -0.39 is 0 Å². The number of hydrogen-bond acceptors (Lipinski definition) is 4. The highest BCUT2D eigenvalue weighted by atomic mass is 32.1. The van der Waals surface area contributed by atoms with Gasteiger partial charge in [-0.3, -0.25) is 9.88 Å². The van der Waals surface area contributed by atoms with Crippen LogP contribution < -0.4 is 5.32 Å². The summed E-state index contributed by atoms with van der Waals surface area (Å²) in [5.41, 5.74) is 8.82. The smallest absolute Gasteiger partial charge is 0.170 e. The van der Waals surface area contributed by atoms with Crippen LogP contribution in [-0.4, -0.2) is 63.9 Å². The van der Waals surface area contributed by atoms with Gasteiger partial charge in [-0.15, -0.1) is 0 Å². The maximum Gasteiger partial charge on any atom is 0.170 e. The molecule has 3 aromatic rings. The molecular weight excluding hydrogens is 466 g/mol. The zero-order chi connectivity index (χ0) is 25.2. The van der Waals surface area contributed by atoms with E-state index in [1.807, 2.05) is 12.3 Å². The van der Waals surface area contributed by atoms with Crippen molar-refractivity contribution in [2.75, 3.05) is 39.4 Å². The standard InChI is InChI=1S/C29H37N5OS/c1-5-23-10-8-9-20(2)27(23)34-21(3)19-24(22(34)4)28-26(25-11-6-7-12-30-25)31-29(36)33(28)14-13-32-15-17-35-18-16-32/h6-12,19,26,28H,5,13-18H2,1-4H3,(H,31,36)/t26-,28+/m1/s1. The summed E-state index contributed by atoms with van der Waals surface area (Å²) in [4.78, 5) is 9.59. The molecule has 36 heavy (non-hydrogen) atoms. The molecule has 2 atom stereocenters. The van der Waals surface area contributed by atoms with Crippen LogP contribution in [-0.2, 0) is 11.2 Å². The van der Waals surface area contributed by atoms with E-state index in [9.17, 15) is 0 Å². The number of rotatable bonds is 7. The first kappa shape index (κ1) is 24.9. The molecule has 2 fully saturated rings. The Balaban J connectivity index is 1.56. The van der Waals surface area contributed by atoms with E-state index in [0.717, 1.165) is 56.6 Å². The molecule has 0 saturated carbocycles. The maximum atomic E-state index is 5.94. The van der Waals surface area contributed by atoms with Crippen molar-refractivity contribution in [3.05, 3.63) is 82.4 Å². The minimum Gasteiger partial charge on any atom is -0.379 e. The lowest BCUT2D eigenvalue weighted by Crippen LogP contribution is -2.42. The Bertz CT molecular complexity index is 1220. The molecule has 2 aliphatic rings. The Kier molecular flexibility index (Phi) is 7.42. The maximum absolute atomic E-state index is 5.94. The van der Waals surface area contributed by atoms with E-state index in [-0.39, 0.29) is 12.1 Å². The van der Waals surface area contributed by atoms with Crippen LogP contribution in [0.4, 0.5) is 0 Å². The Morgan fingerprint density at radius 2 is 1.86 bits per heavy atom. The Morgan fingerprint density at radius 3 is 2.58 bits per heavy atom. The number of hydrogen-bond donors (Lipinski definition) is 1. The lowest BCUT2D eigenvalue weighted by atomic mass is 9.96. The number of pyridine rings is 1. The van der Waals surface area contributed by atoms with Crippen LogP contribution in [0.2, 0.25) is 0 Å². The van der Waals surface area contributed by atoms with Gasteiger partial charge in [0.15, 0.2) is 5.11 Å². The van der Waals surface area contributed by atoms with Gasteiger partial charge in [0.1, 0.15) is 0 Å². The van der Waals surface area contributed by atoms with Crippen LogP contribution in [0.15, 0.2) is 48.7 Å². The summed E-state index contributed by atoms with van der Waals surface area (Å²) in [6, 6.07) is 15.2. The SMILES string of the molecule is CCc1cccc(C)c1-n1c(C)cc([C@H]2[C@@H](c3ccccn3)NC(=S)N2CCN2CCOCC2)c1C. The van der Waals surface area contributed by atoms with Crippen molar-refractivity contribution in [2.24, 2.45) is 0 Å². The highest BCUT2D eigenvalue weighted by Crippen LogP contribution is 2.41. The predicted octanol–water partition coefficient (Wildman–Crippen LogP) is 4.66. The van der Waals surface area contributed by atoms with Gasteiger partial charge in [0.25, 0.3) is 0 Å². The third-order valence-electron chi connectivity index (χ3n) is 7.67. The molecule has 0 radical (unpaired) electrons. The van der Waals surface area contributed by atoms with E-state index in [1.165, 1.54) is 33.8 Å². The molecule has 4 heterocycles. The molecule has 0 aliphatic carbocycles. The first-order valence-corrected chi connectivity index (χ1v) is 13.5. The van der Waals surface area contributed by atoms with E-state index in [0.29, 0.717) is 0 Å². The van der Waals surface area contributed by atoms with Gasteiger partial charge < -0.3 is 19.5 Å². The summed E-state index contributed by atoms with van der Waals surface area (Å²) in [6.45, 7) is 14.3. The van der Waals surface area contributed by atoms with Gasteiger partial charge in [-0.2, -0.15) is 0 Å². The summed E-state index contributed by atoms with van der Waals surface area (Å²) < 4.78 is 8.00. The number of morpholine rings is 1. The Morgan fingerprint density at radius 1 is 1.06 bits per heavy atom. The summed E-state index contributed by atoms with van der Waals surface area (Å²) >= 11 is 5.94. The van der Waals surface area contributed by atoms with Gasteiger partial charge in [-0.25, -0.2) is 0 Å². The van der Waals surface area contributed by atoms with Crippen molar-refractivity contribution in [3.8, 4) is 5.69 Å². The fraction of sp³-hybridized carbons (Fsp3) is 0.448. The van der Waals surface area contributed by atoms with Crippen LogP contribution in [0, 0.1) is 20.8 Å². The molecule has 2 saturated heterocycles. The molecule has 7 heteroatoms. The first-order valence-electron chi connectivity index (χ1n) is 13.1. The van der Waals surface area contributed by atoms with Gasteiger partial charge in [0, 0.05) is 43.8 Å². The Labute approximate surface area is 220 Å². The number of nitrogens with one attached hydrogen (secondary N) is 1. The summed E-state index contributed by atoms with van der Waals surface area (Å²) in [5.74, 6) is 0. The molecule has 0 unspecified atom stereocenters. The van der Waals surface area contributed by atoms with Gasteiger partial charge in [0.05, 0.1) is 36.7 Å². The van der Waals surface area contributed by atoms with Crippen LogP contribution in [0.3, 0.4) is 0 Å². The average molecular weight is 504 g/mol. The number of benzene rings is 1. The fourth-order valence-corrected chi connectivity index (χ4v) is 6.15. The van der Waals surface area contributed by atoms with Crippen LogP contribution in [0.1, 0.15) is 52.8 Å². The zero-order valence-corrected chi connectivity index (χ0v) is 22.6. The number of aryl methyl sites for hydroxylation is 3. The van der Waals surface area contributed by atoms with Crippen molar-refractivity contribution < 1.29 is 4.74 Å². The topological polar surface area (TPSA) is 45.6 Å². The monoisotopic (exact) mass is 503 g/mol. The number of para-hydroxylation sites is 1. The average Bonchev–Trinajstić information content (AvgIpc) is 3.38. The molecule has 0 bridgehead atoms. The van der Waals surface area contributed by atoms with Gasteiger partial charge in [0.2, 0.25) is 0 Å². The molecule has 5 rings (SSSR count). The van der Waals surface area contributed by atoms with E-state index >= 15 is 0 Å². The quantitative estimate of drug-likeness (QED) is 0.473. The van der Waals surface area contributed by atoms with Crippen LogP contribution in [0.5, 0.6) is 0 Å². The van der Waals surface area contributed by atoms with Gasteiger partial charge in [-0.05, 0) is 74.3 Å². The molecule has 0 spiro atoms. The number of aromatic nitrogens is 2. The summed E-state index contributed by atoms with van der Waals surface area (Å²) in [6.07, 6.45) is 2.87. The second-order valence-corrected chi connectivity index (χ2v) is 10.3. The van der Waals surface area contributed by atoms with E-state index in [4.69, 9.17) is 21.9 Å².